The molecule has 2 atom stereocenters. The molecule has 1 unspecified atom stereocenters. The van der Waals surface area contributed by atoms with Crippen molar-refractivity contribution in [3.63, 3.8) is 0 Å². The number of benzene rings is 1. The first kappa shape index (κ1) is 13.1. The highest BCUT2D eigenvalue weighted by atomic mass is 16.5. The first-order valence-corrected chi connectivity index (χ1v) is 6.99. The van der Waals surface area contributed by atoms with Gasteiger partial charge in [0.05, 0.1) is 18.4 Å². The van der Waals surface area contributed by atoms with Gasteiger partial charge in [-0.15, -0.1) is 0 Å². The molecule has 0 saturated heterocycles. The van der Waals surface area contributed by atoms with Gasteiger partial charge in [-0.25, -0.2) is 0 Å². The fourth-order valence-corrected chi connectivity index (χ4v) is 3.60. The second-order valence-corrected chi connectivity index (χ2v) is 5.73. The van der Waals surface area contributed by atoms with E-state index in [1.54, 1.807) is 0 Å². The van der Waals surface area contributed by atoms with Gasteiger partial charge in [0.25, 0.3) is 0 Å². The third kappa shape index (κ3) is 1.73. The molecule has 0 aromatic heterocycles. The van der Waals surface area contributed by atoms with Crippen LogP contribution in [0.25, 0.3) is 5.57 Å². The third-order valence-electron chi connectivity index (χ3n) is 4.65. The van der Waals surface area contributed by atoms with Crippen LogP contribution in [0, 0.1) is 5.92 Å². The summed E-state index contributed by atoms with van der Waals surface area (Å²) in [6.07, 6.45) is 3.77. The number of rotatable bonds is 1. The number of hydrogen-bond acceptors (Lipinski definition) is 3. The zero-order valence-electron chi connectivity index (χ0n) is 11.8. The molecule has 1 aromatic carbocycles. The van der Waals surface area contributed by atoms with Crippen LogP contribution < -0.4 is 0 Å². The van der Waals surface area contributed by atoms with Crippen molar-refractivity contribution in [3.8, 4) is 0 Å². The van der Waals surface area contributed by atoms with Gasteiger partial charge in [0.15, 0.2) is 0 Å². The van der Waals surface area contributed by atoms with Crippen molar-refractivity contribution in [1.29, 1.82) is 0 Å². The van der Waals surface area contributed by atoms with Gasteiger partial charge in [-0.1, -0.05) is 30.3 Å². The molecular weight excluding hydrogens is 252 g/mol. The summed E-state index contributed by atoms with van der Waals surface area (Å²) in [5, 5.41) is 0. The minimum Gasteiger partial charge on any atom is -0.469 e. The van der Waals surface area contributed by atoms with Crippen LogP contribution >= 0.6 is 0 Å². The molecule has 0 aliphatic heterocycles. The van der Waals surface area contributed by atoms with E-state index in [-0.39, 0.29) is 24.1 Å². The Balaban J connectivity index is 1.97. The van der Waals surface area contributed by atoms with Crippen molar-refractivity contribution in [1.82, 2.24) is 0 Å². The normalized spacial score (nSPS) is 28.2. The summed E-state index contributed by atoms with van der Waals surface area (Å²) in [5.41, 5.74) is 2.92. The lowest BCUT2D eigenvalue weighted by atomic mass is 9.67. The molecule has 104 valence electrons. The monoisotopic (exact) mass is 270 g/mol. The maximum absolute atomic E-state index is 12.7. The Kier molecular flexibility index (Phi) is 3.00. The summed E-state index contributed by atoms with van der Waals surface area (Å²) in [4.78, 5) is 24.3. The van der Waals surface area contributed by atoms with E-state index in [1.165, 1.54) is 7.11 Å². The average molecular weight is 270 g/mol. The fraction of sp³-hybridized carbons (Fsp3) is 0.412. The second kappa shape index (κ2) is 4.58. The molecule has 20 heavy (non-hydrogen) atoms. The largest absolute Gasteiger partial charge is 0.469 e. The zero-order chi connectivity index (χ0) is 14.3. The standard InChI is InChI=1S/C17H18O3/c1-11-10-17(14-6-4-3-5-13(11)14)8-7-12(9-15(17)18)16(19)20-2/h3-6,10,12H,7-9H2,1-2H3/t12?,17-/m1/s1. The molecule has 3 rings (SSSR count). The van der Waals surface area contributed by atoms with E-state index in [2.05, 4.69) is 12.1 Å². The van der Waals surface area contributed by atoms with Crippen LogP contribution in [-0.2, 0) is 19.7 Å². The van der Waals surface area contributed by atoms with E-state index in [0.717, 1.165) is 16.7 Å². The number of ether oxygens (including phenoxy) is 1. The van der Waals surface area contributed by atoms with E-state index < -0.39 is 5.41 Å². The molecule has 0 N–H and O–H groups in total. The quantitative estimate of drug-likeness (QED) is 0.737. The van der Waals surface area contributed by atoms with Gasteiger partial charge in [-0.05, 0) is 36.5 Å². The molecule has 3 nitrogen and oxygen atoms in total. The number of allylic oxidation sites excluding steroid dienone is 2. The van der Waals surface area contributed by atoms with Gasteiger partial charge in [0.2, 0.25) is 0 Å². The van der Waals surface area contributed by atoms with Gasteiger partial charge in [-0.3, -0.25) is 9.59 Å². The van der Waals surface area contributed by atoms with Crippen LogP contribution in [0.4, 0.5) is 0 Å². The molecule has 0 radical (unpaired) electrons. The Morgan fingerprint density at radius 1 is 1.35 bits per heavy atom. The van der Waals surface area contributed by atoms with Crippen LogP contribution in [0.2, 0.25) is 0 Å². The number of carbonyl (C=O) groups excluding carboxylic acids is 2. The topological polar surface area (TPSA) is 43.4 Å². The van der Waals surface area contributed by atoms with Gasteiger partial charge in [0, 0.05) is 6.42 Å². The molecule has 1 saturated carbocycles. The number of methoxy groups -OCH3 is 1. The Morgan fingerprint density at radius 2 is 2.10 bits per heavy atom. The van der Waals surface area contributed by atoms with Gasteiger partial charge >= 0.3 is 5.97 Å². The number of hydrogen-bond donors (Lipinski definition) is 0. The van der Waals surface area contributed by atoms with Crippen molar-refractivity contribution >= 4 is 17.3 Å². The Bertz CT molecular complexity index is 614. The molecule has 2 aliphatic carbocycles. The van der Waals surface area contributed by atoms with Gasteiger partial charge < -0.3 is 4.74 Å². The molecule has 1 aromatic rings. The Labute approximate surface area is 118 Å². The number of Topliss-reactive ketones (excluding diaryl/α,β-unsaturated/α-hetero) is 1. The minimum atomic E-state index is -0.509. The highest BCUT2D eigenvalue weighted by molar-refractivity contribution is 6.00. The van der Waals surface area contributed by atoms with Crippen molar-refractivity contribution in [3.05, 3.63) is 41.5 Å². The summed E-state index contributed by atoms with van der Waals surface area (Å²) in [6, 6.07) is 8.08. The first-order chi connectivity index (χ1) is 9.58. The maximum atomic E-state index is 12.7. The van der Waals surface area contributed by atoms with Crippen LogP contribution in [0.5, 0.6) is 0 Å². The van der Waals surface area contributed by atoms with Crippen molar-refractivity contribution in [2.45, 2.75) is 31.6 Å². The predicted molar refractivity (Wildman–Crippen MR) is 76.1 cm³/mol. The molecule has 1 spiro atoms. The summed E-state index contributed by atoms with van der Waals surface area (Å²) in [6.45, 7) is 2.05. The van der Waals surface area contributed by atoms with E-state index in [1.807, 2.05) is 25.1 Å². The summed E-state index contributed by atoms with van der Waals surface area (Å²) < 4.78 is 4.77. The van der Waals surface area contributed by atoms with Gasteiger partial charge in [-0.2, -0.15) is 0 Å². The maximum Gasteiger partial charge on any atom is 0.309 e. The lowest BCUT2D eigenvalue weighted by molar-refractivity contribution is -0.149. The molecule has 0 bridgehead atoms. The lowest BCUT2D eigenvalue weighted by Gasteiger charge is -2.34. The summed E-state index contributed by atoms with van der Waals surface area (Å²) in [7, 11) is 1.38. The first-order valence-electron chi connectivity index (χ1n) is 6.99. The highest BCUT2D eigenvalue weighted by Crippen LogP contribution is 2.48. The van der Waals surface area contributed by atoms with E-state index in [9.17, 15) is 9.59 Å². The van der Waals surface area contributed by atoms with E-state index >= 15 is 0 Å². The second-order valence-electron chi connectivity index (χ2n) is 5.73. The highest BCUT2D eigenvalue weighted by Gasteiger charge is 2.47. The van der Waals surface area contributed by atoms with Crippen LogP contribution in [0.1, 0.15) is 37.3 Å². The Hall–Kier alpha value is -1.90. The number of ketones is 1. The number of carbonyl (C=O) groups is 2. The lowest BCUT2D eigenvalue weighted by Crippen LogP contribution is -2.40. The molecule has 1 fully saturated rings. The van der Waals surface area contributed by atoms with Crippen molar-refractivity contribution in [2.75, 3.05) is 7.11 Å². The predicted octanol–water partition coefficient (Wildman–Crippen LogP) is 2.88. The third-order valence-corrected chi connectivity index (χ3v) is 4.65. The molecular formula is C17H18O3. The fourth-order valence-electron chi connectivity index (χ4n) is 3.60. The molecule has 0 heterocycles. The SMILES string of the molecule is COC(=O)C1CC[C@]2(C=C(C)c3ccccc32)C(=O)C1. The van der Waals surface area contributed by atoms with Gasteiger partial charge in [0.1, 0.15) is 5.78 Å². The number of fused-ring (bicyclic) bond motifs is 2. The summed E-state index contributed by atoms with van der Waals surface area (Å²) in [5.74, 6) is -0.400. The van der Waals surface area contributed by atoms with Crippen LogP contribution in [-0.4, -0.2) is 18.9 Å². The summed E-state index contributed by atoms with van der Waals surface area (Å²) >= 11 is 0. The van der Waals surface area contributed by atoms with Crippen molar-refractivity contribution in [2.24, 2.45) is 5.92 Å². The van der Waals surface area contributed by atoms with Crippen LogP contribution in [0.15, 0.2) is 30.3 Å². The number of esters is 1. The molecule has 0 amide bonds. The molecule has 2 aliphatic rings. The van der Waals surface area contributed by atoms with Crippen LogP contribution in [0.3, 0.4) is 0 Å². The van der Waals surface area contributed by atoms with Crippen molar-refractivity contribution < 1.29 is 14.3 Å². The zero-order valence-corrected chi connectivity index (χ0v) is 11.8. The van der Waals surface area contributed by atoms with E-state index in [4.69, 9.17) is 4.74 Å². The average Bonchev–Trinajstić information content (AvgIpc) is 2.76. The van der Waals surface area contributed by atoms with E-state index in [0.29, 0.717) is 12.8 Å². The Morgan fingerprint density at radius 3 is 2.80 bits per heavy atom. The molecule has 3 heteroatoms. The minimum absolute atomic E-state index is 0.142. The smallest absolute Gasteiger partial charge is 0.309 e.